The van der Waals surface area contributed by atoms with Gasteiger partial charge in [0.1, 0.15) is 5.82 Å². The van der Waals surface area contributed by atoms with Gasteiger partial charge in [0.25, 0.3) is 0 Å². The van der Waals surface area contributed by atoms with Crippen molar-refractivity contribution in [2.75, 3.05) is 19.0 Å². The molecule has 0 atom stereocenters. The Kier molecular flexibility index (Phi) is 3.73. The molecule has 2 aromatic heterocycles. The number of pyridine rings is 1. The summed E-state index contributed by atoms with van der Waals surface area (Å²) in [7, 11) is 3.43. The average molecular weight is 314 g/mol. The Hall–Kier alpha value is -1.86. The Morgan fingerprint density at radius 3 is 2.26 bits per heavy atom. The zero-order chi connectivity index (χ0) is 16.8. The van der Waals surface area contributed by atoms with Crippen molar-refractivity contribution in [2.24, 2.45) is 0 Å². The quantitative estimate of drug-likeness (QED) is 0.806. The molecule has 0 radical (unpaired) electrons. The fourth-order valence-electron chi connectivity index (χ4n) is 2.45. The van der Waals surface area contributed by atoms with Gasteiger partial charge in [0.05, 0.1) is 16.8 Å². The second-order valence-corrected chi connectivity index (χ2v) is 7.01. The molecule has 1 aliphatic rings. The first-order valence-corrected chi connectivity index (χ1v) is 7.75. The lowest BCUT2D eigenvalue weighted by atomic mass is 9.86. The molecular formula is C16H23BN4O2. The summed E-state index contributed by atoms with van der Waals surface area (Å²) in [5.41, 5.74) is -0.0203. The Balaban J connectivity index is 2.00. The van der Waals surface area contributed by atoms with Crippen molar-refractivity contribution in [3.8, 4) is 5.82 Å². The molecule has 1 aliphatic heterocycles. The monoisotopic (exact) mass is 314 g/mol. The molecule has 23 heavy (non-hydrogen) atoms. The van der Waals surface area contributed by atoms with E-state index in [4.69, 9.17) is 14.3 Å². The van der Waals surface area contributed by atoms with E-state index in [0.29, 0.717) is 0 Å². The lowest BCUT2D eigenvalue weighted by Gasteiger charge is -2.32. The van der Waals surface area contributed by atoms with Crippen LogP contribution in [0.25, 0.3) is 5.82 Å². The fraction of sp³-hybridized carbons (Fsp3) is 0.500. The van der Waals surface area contributed by atoms with Crippen LogP contribution >= 0.6 is 0 Å². The van der Waals surface area contributed by atoms with Gasteiger partial charge >= 0.3 is 7.12 Å². The van der Waals surface area contributed by atoms with Crippen LogP contribution in [0.15, 0.2) is 30.6 Å². The molecule has 0 bridgehead atoms. The van der Waals surface area contributed by atoms with Gasteiger partial charge in [-0.15, -0.1) is 0 Å². The van der Waals surface area contributed by atoms with Crippen molar-refractivity contribution >= 4 is 18.7 Å². The zero-order valence-electron chi connectivity index (χ0n) is 14.6. The van der Waals surface area contributed by atoms with E-state index in [-0.39, 0.29) is 11.2 Å². The van der Waals surface area contributed by atoms with Crippen LogP contribution in [-0.4, -0.2) is 47.0 Å². The van der Waals surface area contributed by atoms with Crippen molar-refractivity contribution in [3.05, 3.63) is 30.6 Å². The molecule has 1 fully saturated rings. The summed E-state index contributed by atoms with van der Waals surface area (Å²) < 4.78 is 14.1. The van der Waals surface area contributed by atoms with E-state index in [1.165, 1.54) is 0 Å². The fourth-order valence-corrected chi connectivity index (χ4v) is 2.45. The maximum atomic E-state index is 6.10. The molecule has 2 aromatic rings. The van der Waals surface area contributed by atoms with Crippen LogP contribution in [0.4, 0.5) is 5.95 Å². The van der Waals surface area contributed by atoms with Crippen molar-refractivity contribution in [3.63, 3.8) is 0 Å². The Labute approximate surface area is 137 Å². The van der Waals surface area contributed by atoms with Gasteiger partial charge in [-0.05, 0) is 39.8 Å². The van der Waals surface area contributed by atoms with Gasteiger partial charge < -0.3 is 14.2 Å². The summed E-state index contributed by atoms with van der Waals surface area (Å²) in [6.07, 6.45) is 3.70. The molecular weight excluding hydrogens is 291 g/mol. The number of anilines is 1. The van der Waals surface area contributed by atoms with Crippen molar-refractivity contribution in [1.82, 2.24) is 14.5 Å². The maximum absolute atomic E-state index is 6.10. The topological polar surface area (TPSA) is 52.4 Å². The van der Waals surface area contributed by atoms with Crippen LogP contribution in [0, 0.1) is 0 Å². The van der Waals surface area contributed by atoms with Crippen molar-refractivity contribution in [2.45, 2.75) is 38.9 Å². The lowest BCUT2D eigenvalue weighted by Crippen LogP contribution is -2.41. The molecule has 0 aliphatic carbocycles. The molecule has 3 rings (SSSR count). The smallest absolute Gasteiger partial charge is 0.398 e. The van der Waals surface area contributed by atoms with Gasteiger partial charge in [-0.25, -0.2) is 9.97 Å². The Morgan fingerprint density at radius 1 is 1.09 bits per heavy atom. The Bertz CT molecular complexity index is 681. The van der Waals surface area contributed by atoms with E-state index in [1.54, 1.807) is 6.20 Å². The van der Waals surface area contributed by atoms with E-state index in [0.717, 1.165) is 17.4 Å². The van der Waals surface area contributed by atoms with E-state index in [9.17, 15) is 0 Å². The first-order valence-electron chi connectivity index (χ1n) is 7.75. The van der Waals surface area contributed by atoms with Crippen LogP contribution in [0.1, 0.15) is 27.7 Å². The largest absolute Gasteiger partial charge is 0.516 e. The molecule has 0 amide bonds. The summed E-state index contributed by atoms with van der Waals surface area (Å²) in [5.74, 6) is 1.60. The molecule has 0 unspecified atom stereocenters. The van der Waals surface area contributed by atoms with Crippen LogP contribution < -0.4 is 10.5 Å². The number of hydrogen-bond acceptors (Lipinski definition) is 5. The van der Waals surface area contributed by atoms with Gasteiger partial charge in [0, 0.05) is 26.5 Å². The summed E-state index contributed by atoms with van der Waals surface area (Å²) in [6.45, 7) is 8.15. The molecule has 0 aromatic carbocycles. The highest BCUT2D eigenvalue weighted by molar-refractivity contribution is 6.61. The number of aromatic nitrogens is 3. The first kappa shape index (κ1) is 16.0. The highest BCUT2D eigenvalue weighted by Crippen LogP contribution is 2.36. The number of imidazole rings is 1. The van der Waals surface area contributed by atoms with E-state index >= 15 is 0 Å². The molecule has 122 valence electrons. The summed E-state index contributed by atoms with van der Waals surface area (Å²) >= 11 is 0. The third-order valence-electron chi connectivity index (χ3n) is 4.50. The highest BCUT2D eigenvalue weighted by atomic mass is 16.7. The molecule has 1 saturated heterocycles. The molecule has 0 N–H and O–H groups in total. The normalized spacial score (nSPS) is 19.1. The third kappa shape index (κ3) is 2.75. The van der Waals surface area contributed by atoms with E-state index < -0.39 is 7.12 Å². The second kappa shape index (κ2) is 5.35. The van der Waals surface area contributed by atoms with Crippen LogP contribution in [0.5, 0.6) is 0 Å². The number of rotatable bonds is 3. The summed E-state index contributed by atoms with van der Waals surface area (Å²) in [6, 6.07) is 5.80. The second-order valence-electron chi connectivity index (χ2n) is 7.01. The lowest BCUT2D eigenvalue weighted by molar-refractivity contribution is 0.00578. The maximum Gasteiger partial charge on any atom is 0.516 e. The molecule has 7 heteroatoms. The van der Waals surface area contributed by atoms with Crippen molar-refractivity contribution < 1.29 is 9.31 Å². The zero-order valence-corrected chi connectivity index (χ0v) is 14.6. The summed E-state index contributed by atoms with van der Waals surface area (Å²) in [4.78, 5) is 11.0. The summed E-state index contributed by atoms with van der Waals surface area (Å²) in [5, 5.41) is 0. The minimum absolute atomic E-state index is 0.384. The predicted octanol–water partition coefficient (Wildman–Crippen LogP) is 1.63. The van der Waals surface area contributed by atoms with Gasteiger partial charge in [-0.1, -0.05) is 6.07 Å². The number of hydrogen-bond donors (Lipinski definition) is 0. The SMILES string of the molecule is CN(C)c1nc(B2OC(C)(C)C(C)(C)O2)cn1-c1ccccn1. The van der Waals surface area contributed by atoms with E-state index in [1.807, 2.05) is 75.7 Å². The van der Waals surface area contributed by atoms with Crippen LogP contribution in [0.2, 0.25) is 0 Å². The highest BCUT2D eigenvalue weighted by Gasteiger charge is 2.52. The standard InChI is InChI=1S/C16H23BN4O2/c1-15(2)16(3,4)23-17(22-15)12-11-21(14(19-12)20(5)6)13-9-7-8-10-18-13/h7-11H,1-6H3. The van der Waals surface area contributed by atoms with Gasteiger partial charge in [-0.3, -0.25) is 4.57 Å². The van der Waals surface area contributed by atoms with Crippen molar-refractivity contribution in [1.29, 1.82) is 0 Å². The minimum Gasteiger partial charge on any atom is -0.398 e. The van der Waals surface area contributed by atoms with E-state index in [2.05, 4.69) is 4.98 Å². The first-order chi connectivity index (χ1) is 10.7. The minimum atomic E-state index is -0.483. The number of nitrogens with zero attached hydrogens (tertiary/aromatic N) is 4. The Morgan fingerprint density at radius 2 is 1.74 bits per heavy atom. The third-order valence-corrected chi connectivity index (χ3v) is 4.50. The predicted molar refractivity (Wildman–Crippen MR) is 91.4 cm³/mol. The molecule has 0 spiro atoms. The van der Waals surface area contributed by atoms with Crippen LogP contribution in [0.3, 0.4) is 0 Å². The van der Waals surface area contributed by atoms with Gasteiger partial charge in [-0.2, -0.15) is 0 Å². The molecule has 0 saturated carbocycles. The van der Waals surface area contributed by atoms with Gasteiger partial charge in [0.15, 0.2) is 0 Å². The molecule has 3 heterocycles. The van der Waals surface area contributed by atoms with Gasteiger partial charge in [0.2, 0.25) is 5.95 Å². The van der Waals surface area contributed by atoms with Crippen LogP contribution in [-0.2, 0) is 9.31 Å². The average Bonchev–Trinajstić information content (AvgIpc) is 3.00. The molecule has 6 nitrogen and oxygen atoms in total.